The smallest absolute Gasteiger partial charge is 0.224 e. The van der Waals surface area contributed by atoms with Gasteiger partial charge in [-0.3, -0.25) is 4.79 Å². The fraction of sp³-hybridized carbons (Fsp3) is 0.588. The number of nitrogens with one attached hydrogen (secondary N) is 2. The molecule has 1 aromatic carbocycles. The van der Waals surface area contributed by atoms with E-state index in [-0.39, 0.29) is 5.91 Å². The Morgan fingerprint density at radius 2 is 2.10 bits per heavy atom. The van der Waals surface area contributed by atoms with E-state index >= 15 is 0 Å². The highest BCUT2D eigenvalue weighted by molar-refractivity contribution is 5.94. The van der Waals surface area contributed by atoms with Crippen molar-refractivity contribution >= 4 is 17.3 Å². The zero-order valence-corrected chi connectivity index (χ0v) is 12.6. The van der Waals surface area contributed by atoms with E-state index in [0.717, 1.165) is 38.3 Å². The van der Waals surface area contributed by atoms with Crippen LogP contribution >= 0.6 is 0 Å². The number of carbonyl (C=O) groups excluding carboxylic acids is 1. The van der Waals surface area contributed by atoms with Gasteiger partial charge in [0.2, 0.25) is 5.91 Å². The molecule has 2 aliphatic heterocycles. The summed E-state index contributed by atoms with van der Waals surface area (Å²) in [6.07, 6.45) is 5.32. The van der Waals surface area contributed by atoms with Crippen LogP contribution in [0.3, 0.4) is 0 Å². The van der Waals surface area contributed by atoms with E-state index in [1.54, 1.807) is 0 Å². The van der Waals surface area contributed by atoms with E-state index in [1.807, 2.05) is 18.2 Å². The Morgan fingerprint density at radius 1 is 1.29 bits per heavy atom. The van der Waals surface area contributed by atoms with E-state index in [2.05, 4.69) is 21.6 Å². The minimum Gasteiger partial charge on any atom is -0.370 e. The number of amides is 1. The Morgan fingerprint density at radius 3 is 2.86 bits per heavy atom. The molecule has 0 aliphatic carbocycles. The SMILES string of the molecule is O=C(CCC1CCNC1)Nc1ccccc1N1CCCC1. The van der Waals surface area contributed by atoms with Gasteiger partial charge in [-0.25, -0.2) is 0 Å². The van der Waals surface area contributed by atoms with Crippen molar-refractivity contribution in [3.05, 3.63) is 24.3 Å². The summed E-state index contributed by atoms with van der Waals surface area (Å²) in [4.78, 5) is 14.6. The van der Waals surface area contributed by atoms with Crippen LogP contribution in [0.4, 0.5) is 11.4 Å². The zero-order valence-electron chi connectivity index (χ0n) is 12.6. The normalized spacial score (nSPS) is 21.7. The van der Waals surface area contributed by atoms with Crippen LogP contribution < -0.4 is 15.5 Å². The Labute approximate surface area is 126 Å². The lowest BCUT2D eigenvalue weighted by Gasteiger charge is -2.21. The molecule has 1 atom stereocenters. The lowest BCUT2D eigenvalue weighted by Crippen LogP contribution is -2.21. The van der Waals surface area contributed by atoms with Crippen LogP contribution in [-0.4, -0.2) is 32.1 Å². The van der Waals surface area contributed by atoms with Crippen LogP contribution in [0.2, 0.25) is 0 Å². The summed E-state index contributed by atoms with van der Waals surface area (Å²) in [6.45, 7) is 4.36. The highest BCUT2D eigenvalue weighted by Crippen LogP contribution is 2.28. The minimum atomic E-state index is 0.147. The van der Waals surface area contributed by atoms with Gasteiger partial charge in [0, 0.05) is 19.5 Å². The molecule has 114 valence electrons. The monoisotopic (exact) mass is 287 g/mol. The lowest BCUT2D eigenvalue weighted by molar-refractivity contribution is -0.116. The fourth-order valence-electron chi connectivity index (χ4n) is 3.32. The third-order valence-corrected chi connectivity index (χ3v) is 4.57. The Balaban J connectivity index is 1.57. The van der Waals surface area contributed by atoms with Crippen LogP contribution in [0.15, 0.2) is 24.3 Å². The highest BCUT2D eigenvalue weighted by atomic mass is 16.1. The highest BCUT2D eigenvalue weighted by Gasteiger charge is 2.18. The zero-order chi connectivity index (χ0) is 14.5. The second-order valence-corrected chi connectivity index (χ2v) is 6.16. The van der Waals surface area contributed by atoms with Crippen molar-refractivity contribution in [2.45, 2.75) is 32.1 Å². The van der Waals surface area contributed by atoms with Gasteiger partial charge in [-0.15, -0.1) is 0 Å². The average Bonchev–Trinajstić information content (AvgIpc) is 3.19. The standard InChI is InChI=1S/C17H25N3O/c21-17(8-7-14-9-10-18-13-14)19-15-5-1-2-6-16(15)20-11-3-4-12-20/h1-2,5-6,14,18H,3-4,7-13H2,(H,19,21). The molecule has 0 bridgehead atoms. The Hall–Kier alpha value is -1.55. The van der Waals surface area contributed by atoms with Gasteiger partial charge in [-0.1, -0.05) is 12.1 Å². The first-order valence-corrected chi connectivity index (χ1v) is 8.17. The van der Waals surface area contributed by atoms with Gasteiger partial charge in [0.1, 0.15) is 0 Å². The molecule has 2 N–H and O–H groups in total. The molecule has 1 unspecified atom stereocenters. The van der Waals surface area contributed by atoms with Gasteiger partial charge in [0.15, 0.2) is 0 Å². The number of nitrogens with zero attached hydrogens (tertiary/aromatic N) is 1. The van der Waals surface area contributed by atoms with Crippen LogP contribution in [0.5, 0.6) is 0 Å². The molecule has 2 heterocycles. The minimum absolute atomic E-state index is 0.147. The third kappa shape index (κ3) is 3.76. The number of hydrogen-bond donors (Lipinski definition) is 2. The Kier molecular flexibility index (Phi) is 4.76. The molecule has 2 saturated heterocycles. The van der Waals surface area contributed by atoms with Crippen LogP contribution in [0.1, 0.15) is 32.1 Å². The first kappa shape index (κ1) is 14.4. The van der Waals surface area contributed by atoms with Crippen molar-refractivity contribution in [1.82, 2.24) is 5.32 Å². The molecule has 0 radical (unpaired) electrons. The summed E-state index contributed by atoms with van der Waals surface area (Å²) < 4.78 is 0. The van der Waals surface area contributed by atoms with E-state index < -0.39 is 0 Å². The van der Waals surface area contributed by atoms with Crippen LogP contribution in [0, 0.1) is 5.92 Å². The molecule has 1 amide bonds. The quantitative estimate of drug-likeness (QED) is 0.875. The topological polar surface area (TPSA) is 44.4 Å². The molecule has 0 aromatic heterocycles. The first-order valence-electron chi connectivity index (χ1n) is 8.17. The van der Waals surface area contributed by atoms with Gasteiger partial charge >= 0.3 is 0 Å². The summed E-state index contributed by atoms with van der Waals surface area (Å²) >= 11 is 0. The molecule has 4 nitrogen and oxygen atoms in total. The third-order valence-electron chi connectivity index (χ3n) is 4.57. The van der Waals surface area contributed by atoms with Gasteiger partial charge in [-0.05, 0) is 56.8 Å². The number of carbonyl (C=O) groups is 1. The van der Waals surface area contributed by atoms with E-state index in [0.29, 0.717) is 12.3 Å². The maximum absolute atomic E-state index is 12.2. The molecule has 1 aromatic rings. The van der Waals surface area contributed by atoms with Crippen molar-refractivity contribution in [3.63, 3.8) is 0 Å². The summed E-state index contributed by atoms with van der Waals surface area (Å²) in [6, 6.07) is 8.17. The molecule has 2 aliphatic rings. The molecule has 4 heteroatoms. The predicted molar refractivity (Wildman–Crippen MR) is 86.7 cm³/mol. The molecule has 2 fully saturated rings. The molecule has 0 saturated carbocycles. The first-order chi connectivity index (χ1) is 10.3. The molecular weight excluding hydrogens is 262 g/mol. The van der Waals surface area contributed by atoms with E-state index in [9.17, 15) is 4.79 Å². The Bertz CT molecular complexity index is 477. The maximum Gasteiger partial charge on any atom is 0.224 e. The number of anilines is 2. The summed E-state index contributed by atoms with van der Waals surface area (Å²) in [5.41, 5.74) is 2.14. The van der Waals surface area contributed by atoms with Gasteiger partial charge < -0.3 is 15.5 Å². The van der Waals surface area contributed by atoms with Crippen molar-refractivity contribution in [3.8, 4) is 0 Å². The van der Waals surface area contributed by atoms with Gasteiger partial charge in [-0.2, -0.15) is 0 Å². The number of hydrogen-bond acceptors (Lipinski definition) is 3. The lowest BCUT2D eigenvalue weighted by atomic mass is 10.0. The second-order valence-electron chi connectivity index (χ2n) is 6.16. The van der Waals surface area contributed by atoms with E-state index in [4.69, 9.17) is 0 Å². The van der Waals surface area contributed by atoms with Crippen molar-refractivity contribution in [2.24, 2.45) is 5.92 Å². The van der Waals surface area contributed by atoms with Gasteiger partial charge in [0.05, 0.1) is 11.4 Å². The molecule has 0 spiro atoms. The molecular formula is C17H25N3O. The largest absolute Gasteiger partial charge is 0.370 e. The average molecular weight is 287 g/mol. The second kappa shape index (κ2) is 6.94. The number of para-hydroxylation sites is 2. The van der Waals surface area contributed by atoms with Crippen LogP contribution in [0.25, 0.3) is 0 Å². The molecule has 3 rings (SSSR count). The summed E-state index contributed by atoms with van der Waals surface area (Å²) in [5.74, 6) is 0.818. The van der Waals surface area contributed by atoms with Gasteiger partial charge in [0.25, 0.3) is 0 Å². The van der Waals surface area contributed by atoms with Crippen LogP contribution in [-0.2, 0) is 4.79 Å². The number of benzene rings is 1. The summed E-state index contributed by atoms with van der Waals surface area (Å²) in [5, 5.41) is 6.46. The van der Waals surface area contributed by atoms with Crippen molar-refractivity contribution in [2.75, 3.05) is 36.4 Å². The van der Waals surface area contributed by atoms with Crippen molar-refractivity contribution in [1.29, 1.82) is 0 Å². The number of rotatable bonds is 5. The fourth-order valence-corrected chi connectivity index (χ4v) is 3.32. The predicted octanol–water partition coefficient (Wildman–Crippen LogP) is 2.62. The van der Waals surface area contributed by atoms with Crippen molar-refractivity contribution < 1.29 is 4.79 Å². The maximum atomic E-state index is 12.2. The van der Waals surface area contributed by atoms with E-state index in [1.165, 1.54) is 24.9 Å². The molecule has 21 heavy (non-hydrogen) atoms. The summed E-state index contributed by atoms with van der Waals surface area (Å²) in [7, 11) is 0.